The van der Waals surface area contributed by atoms with Gasteiger partial charge in [-0.3, -0.25) is 14.5 Å². The summed E-state index contributed by atoms with van der Waals surface area (Å²) in [4.78, 5) is 31.7. The van der Waals surface area contributed by atoms with Crippen molar-refractivity contribution in [3.63, 3.8) is 0 Å². The number of amides is 2. The van der Waals surface area contributed by atoms with Gasteiger partial charge in [-0.1, -0.05) is 0 Å². The lowest BCUT2D eigenvalue weighted by atomic mass is 10.3. The van der Waals surface area contributed by atoms with Gasteiger partial charge in [-0.05, 0) is 28.1 Å². The molecule has 2 amide bonds. The van der Waals surface area contributed by atoms with E-state index >= 15 is 0 Å². The molecule has 0 saturated carbocycles. The van der Waals surface area contributed by atoms with Crippen molar-refractivity contribution in [2.75, 3.05) is 44.4 Å². The van der Waals surface area contributed by atoms with E-state index in [1.54, 1.807) is 17.0 Å². The van der Waals surface area contributed by atoms with Gasteiger partial charge in [-0.25, -0.2) is 4.98 Å². The Morgan fingerprint density at radius 2 is 2.10 bits per heavy atom. The molecular weight excluding hydrogens is 342 g/mol. The molecule has 2 aliphatic rings. The number of fused-ring (bicyclic) bond motifs is 1. The van der Waals surface area contributed by atoms with Crippen LogP contribution in [0.4, 0.5) is 5.82 Å². The molecular formula is C13H14BrN3O4. The zero-order valence-corrected chi connectivity index (χ0v) is 12.8. The number of rotatable bonds is 2. The Bertz CT molecular complexity index is 575. The lowest BCUT2D eigenvalue weighted by Crippen LogP contribution is -2.49. The molecule has 21 heavy (non-hydrogen) atoms. The number of ether oxygens (including phenoxy) is 2. The van der Waals surface area contributed by atoms with Crippen molar-refractivity contribution in [3.05, 3.63) is 16.7 Å². The van der Waals surface area contributed by atoms with Crippen molar-refractivity contribution in [1.82, 2.24) is 9.88 Å². The summed E-state index contributed by atoms with van der Waals surface area (Å²) >= 11 is 3.26. The maximum Gasteiger partial charge on any atom is 0.266 e. The first-order valence-corrected chi connectivity index (χ1v) is 7.39. The van der Waals surface area contributed by atoms with E-state index in [2.05, 4.69) is 20.9 Å². The number of carbonyl (C=O) groups is 2. The molecule has 1 saturated heterocycles. The van der Waals surface area contributed by atoms with Crippen LogP contribution >= 0.6 is 15.9 Å². The van der Waals surface area contributed by atoms with Gasteiger partial charge in [0.25, 0.3) is 5.91 Å². The molecule has 0 N–H and O–H groups in total. The fraction of sp³-hybridized carbons (Fsp3) is 0.462. The number of hydrogen-bond donors (Lipinski definition) is 0. The number of hydrogen-bond acceptors (Lipinski definition) is 5. The number of aromatic nitrogens is 1. The monoisotopic (exact) mass is 355 g/mol. The molecule has 0 atom stereocenters. The highest BCUT2D eigenvalue weighted by Gasteiger charge is 2.30. The van der Waals surface area contributed by atoms with E-state index in [1.807, 2.05) is 0 Å². The summed E-state index contributed by atoms with van der Waals surface area (Å²) in [5, 5.41) is 0. The largest absolute Gasteiger partial charge is 0.480 e. The first-order valence-electron chi connectivity index (χ1n) is 6.60. The number of carbonyl (C=O) groups excluding carboxylic acids is 2. The molecule has 0 spiro atoms. The summed E-state index contributed by atoms with van der Waals surface area (Å²) < 4.78 is 11.1. The molecule has 8 heteroatoms. The minimum Gasteiger partial charge on any atom is -0.480 e. The van der Waals surface area contributed by atoms with Crippen LogP contribution < -0.4 is 9.64 Å². The molecule has 112 valence electrons. The molecule has 2 aliphatic heterocycles. The molecule has 0 radical (unpaired) electrons. The van der Waals surface area contributed by atoms with Gasteiger partial charge in [0.15, 0.2) is 18.2 Å². The van der Waals surface area contributed by atoms with E-state index in [0.717, 1.165) is 0 Å². The molecule has 3 rings (SSSR count). The van der Waals surface area contributed by atoms with Crippen LogP contribution in [0.3, 0.4) is 0 Å². The molecule has 0 unspecified atom stereocenters. The zero-order valence-electron chi connectivity index (χ0n) is 11.2. The molecule has 0 bridgehead atoms. The van der Waals surface area contributed by atoms with Crippen molar-refractivity contribution >= 4 is 33.6 Å². The topological polar surface area (TPSA) is 72.0 Å². The van der Waals surface area contributed by atoms with Crippen LogP contribution in [0, 0.1) is 0 Å². The summed E-state index contributed by atoms with van der Waals surface area (Å²) in [6, 6.07) is 3.46. The van der Waals surface area contributed by atoms with Gasteiger partial charge in [0.2, 0.25) is 5.91 Å². The van der Waals surface area contributed by atoms with E-state index in [4.69, 9.17) is 9.47 Å². The maximum atomic E-state index is 12.3. The van der Waals surface area contributed by atoms with E-state index in [-0.39, 0.29) is 25.0 Å². The second-order valence-corrected chi connectivity index (χ2v) is 5.53. The smallest absolute Gasteiger partial charge is 0.266 e. The Morgan fingerprint density at radius 1 is 1.33 bits per heavy atom. The number of pyridine rings is 1. The van der Waals surface area contributed by atoms with Crippen molar-refractivity contribution in [2.24, 2.45) is 0 Å². The first-order chi connectivity index (χ1) is 10.1. The maximum absolute atomic E-state index is 12.3. The van der Waals surface area contributed by atoms with Gasteiger partial charge >= 0.3 is 0 Å². The van der Waals surface area contributed by atoms with Gasteiger partial charge in [0, 0.05) is 13.1 Å². The molecule has 3 heterocycles. The highest BCUT2D eigenvalue weighted by molar-refractivity contribution is 9.10. The van der Waals surface area contributed by atoms with Crippen molar-refractivity contribution in [1.29, 1.82) is 0 Å². The number of morpholine rings is 1. The summed E-state index contributed by atoms with van der Waals surface area (Å²) in [6.45, 7) is 2.06. The van der Waals surface area contributed by atoms with Crippen molar-refractivity contribution in [2.45, 2.75) is 0 Å². The van der Waals surface area contributed by atoms with Crippen LogP contribution in [0.5, 0.6) is 5.75 Å². The summed E-state index contributed by atoms with van der Waals surface area (Å²) in [7, 11) is 0. The molecule has 0 aromatic carbocycles. The number of halogens is 1. The zero-order chi connectivity index (χ0) is 14.8. The Labute approximate surface area is 129 Å². The van der Waals surface area contributed by atoms with Crippen LogP contribution in [0.2, 0.25) is 0 Å². The van der Waals surface area contributed by atoms with Crippen molar-refractivity contribution < 1.29 is 19.1 Å². The van der Waals surface area contributed by atoms with Gasteiger partial charge in [0.1, 0.15) is 11.1 Å². The predicted molar refractivity (Wildman–Crippen MR) is 77.2 cm³/mol. The fourth-order valence-electron chi connectivity index (χ4n) is 2.27. The molecule has 1 fully saturated rings. The second kappa shape index (κ2) is 5.98. The Morgan fingerprint density at radius 3 is 2.86 bits per heavy atom. The minimum atomic E-state index is -0.269. The number of anilines is 1. The third-order valence-electron chi connectivity index (χ3n) is 3.37. The highest BCUT2D eigenvalue weighted by atomic mass is 79.9. The van der Waals surface area contributed by atoms with Crippen LogP contribution in [0.25, 0.3) is 0 Å². The Balaban J connectivity index is 1.79. The summed E-state index contributed by atoms with van der Waals surface area (Å²) in [5.74, 6) is 0.505. The first kappa shape index (κ1) is 14.3. The molecule has 0 aliphatic carbocycles. The van der Waals surface area contributed by atoms with Crippen LogP contribution in [0.1, 0.15) is 0 Å². The predicted octanol–water partition coefficient (Wildman–Crippen LogP) is 0.428. The third-order valence-corrected chi connectivity index (χ3v) is 3.81. The van der Waals surface area contributed by atoms with E-state index < -0.39 is 0 Å². The van der Waals surface area contributed by atoms with E-state index in [9.17, 15) is 9.59 Å². The highest BCUT2D eigenvalue weighted by Crippen LogP contribution is 2.31. The van der Waals surface area contributed by atoms with Crippen LogP contribution in [-0.4, -0.2) is 61.2 Å². The van der Waals surface area contributed by atoms with Crippen LogP contribution in [0.15, 0.2) is 16.7 Å². The number of nitrogens with zero attached hydrogens (tertiary/aromatic N) is 3. The lowest BCUT2D eigenvalue weighted by molar-refractivity contribution is -0.135. The standard InChI is InChI=1S/C13H14BrN3O4/c14-10-2-1-9-13(15-10)17(12(19)8-21-9)7-11(18)16-3-5-20-6-4-16/h1-2H,3-8H2. The molecule has 1 aromatic heterocycles. The summed E-state index contributed by atoms with van der Waals surface area (Å²) in [5.41, 5.74) is 0. The van der Waals surface area contributed by atoms with E-state index in [0.29, 0.717) is 42.5 Å². The van der Waals surface area contributed by atoms with Gasteiger partial charge in [-0.2, -0.15) is 0 Å². The van der Waals surface area contributed by atoms with Crippen LogP contribution in [-0.2, 0) is 14.3 Å². The SMILES string of the molecule is O=C(CN1C(=O)COc2ccc(Br)nc21)N1CCOCC1. The van der Waals surface area contributed by atoms with Gasteiger partial charge in [-0.15, -0.1) is 0 Å². The van der Waals surface area contributed by atoms with Gasteiger partial charge in [0.05, 0.1) is 13.2 Å². The Hall–Kier alpha value is -1.67. The molecule has 7 nitrogen and oxygen atoms in total. The normalized spacial score (nSPS) is 18.2. The van der Waals surface area contributed by atoms with Gasteiger partial charge < -0.3 is 14.4 Å². The van der Waals surface area contributed by atoms with Crippen molar-refractivity contribution in [3.8, 4) is 5.75 Å². The lowest BCUT2D eigenvalue weighted by Gasteiger charge is -2.31. The average molecular weight is 356 g/mol. The third kappa shape index (κ3) is 3.01. The second-order valence-electron chi connectivity index (χ2n) is 4.72. The summed E-state index contributed by atoms with van der Waals surface area (Å²) in [6.07, 6.45) is 0. The fourth-order valence-corrected chi connectivity index (χ4v) is 2.57. The minimum absolute atomic E-state index is 0.0291. The quantitative estimate of drug-likeness (QED) is 0.719. The van der Waals surface area contributed by atoms with E-state index in [1.165, 1.54) is 4.90 Å². The average Bonchev–Trinajstić information content (AvgIpc) is 2.51. The molecule has 1 aromatic rings. The Kier molecular flexibility index (Phi) is 4.07.